The summed E-state index contributed by atoms with van der Waals surface area (Å²) in [5, 5.41) is 16.3. The Morgan fingerprint density at radius 1 is 0.973 bits per heavy atom. The Hall–Kier alpha value is -3.26. The minimum Gasteiger partial charge on any atom is -0.505 e. The van der Waals surface area contributed by atoms with Crippen molar-refractivity contribution < 1.29 is 24.2 Å². The maximum atomic E-state index is 13.1. The molecule has 0 aromatic heterocycles. The quantitative estimate of drug-likeness (QED) is 0.203. The molecule has 1 atom stereocenters. The van der Waals surface area contributed by atoms with E-state index in [1.54, 1.807) is 0 Å². The number of ether oxygens (including phenoxy) is 2. The van der Waals surface area contributed by atoms with Crippen LogP contribution in [0.3, 0.4) is 0 Å². The van der Waals surface area contributed by atoms with Crippen LogP contribution in [-0.2, 0) is 22.6 Å². The zero-order valence-electron chi connectivity index (χ0n) is 20.5. The molecule has 0 saturated heterocycles. The molecule has 0 aliphatic carbocycles. The monoisotopic (exact) mass is 544 g/mol. The number of esters is 1. The first-order chi connectivity index (χ1) is 17.9. The number of aromatic hydroxyl groups is 1. The van der Waals surface area contributed by atoms with Crippen LogP contribution >= 0.6 is 23.2 Å². The fourth-order valence-electron chi connectivity index (χ4n) is 3.58. The van der Waals surface area contributed by atoms with Crippen molar-refractivity contribution in [2.45, 2.75) is 31.9 Å². The number of hydrogen-bond donors (Lipinski definition) is 3. The first kappa shape index (κ1) is 28.3. The molecule has 0 aliphatic heterocycles. The van der Waals surface area contributed by atoms with E-state index in [1.807, 2.05) is 67.7 Å². The third-order valence-corrected chi connectivity index (χ3v) is 6.19. The summed E-state index contributed by atoms with van der Waals surface area (Å²) >= 11 is 12.6. The summed E-state index contributed by atoms with van der Waals surface area (Å²) in [6.07, 6.45) is 1.83. The van der Waals surface area contributed by atoms with E-state index in [-0.39, 0.29) is 34.4 Å². The molecule has 3 aromatic rings. The third kappa shape index (κ3) is 8.39. The van der Waals surface area contributed by atoms with Crippen LogP contribution in [0.2, 0.25) is 10.0 Å². The Morgan fingerprint density at radius 3 is 2.27 bits per heavy atom. The molecule has 0 saturated carbocycles. The fourth-order valence-corrected chi connectivity index (χ4v) is 4.15. The van der Waals surface area contributed by atoms with E-state index in [0.717, 1.165) is 30.5 Å². The van der Waals surface area contributed by atoms with E-state index in [9.17, 15) is 14.7 Å². The van der Waals surface area contributed by atoms with E-state index >= 15 is 0 Å². The highest BCUT2D eigenvalue weighted by Crippen LogP contribution is 2.42. The normalized spacial score (nSPS) is 11.5. The Kier molecular flexibility index (Phi) is 11.1. The predicted octanol–water partition coefficient (Wildman–Crippen LogP) is 5.16. The van der Waals surface area contributed by atoms with Crippen LogP contribution in [0, 0.1) is 0 Å². The van der Waals surface area contributed by atoms with Gasteiger partial charge in [0.1, 0.15) is 17.7 Å². The number of carbonyl (C=O) groups excluding carboxylic acids is 2. The van der Waals surface area contributed by atoms with Gasteiger partial charge in [-0.15, -0.1) is 0 Å². The van der Waals surface area contributed by atoms with E-state index in [1.165, 1.54) is 6.07 Å². The lowest BCUT2D eigenvalue weighted by Crippen LogP contribution is -2.43. The van der Waals surface area contributed by atoms with E-state index < -0.39 is 23.7 Å². The number of benzene rings is 3. The summed E-state index contributed by atoms with van der Waals surface area (Å²) in [6.45, 7) is 1.25. The van der Waals surface area contributed by atoms with Crippen LogP contribution in [0.4, 0.5) is 0 Å². The van der Waals surface area contributed by atoms with Gasteiger partial charge >= 0.3 is 5.97 Å². The molecule has 0 fully saturated rings. The van der Waals surface area contributed by atoms with Gasteiger partial charge in [-0.25, -0.2) is 4.79 Å². The highest BCUT2D eigenvalue weighted by molar-refractivity contribution is 6.39. The average molecular weight is 545 g/mol. The van der Waals surface area contributed by atoms with Gasteiger partial charge in [0, 0.05) is 6.42 Å². The van der Waals surface area contributed by atoms with Crippen molar-refractivity contribution in [1.29, 1.82) is 0 Å². The molecule has 9 heteroatoms. The van der Waals surface area contributed by atoms with Crippen LogP contribution < -0.4 is 15.4 Å². The number of carbonyl (C=O) groups is 2. The molecule has 0 spiro atoms. The number of hydrogen-bond acceptors (Lipinski definition) is 6. The zero-order chi connectivity index (χ0) is 26.6. The number of unbranched alkanes of at least 4 members (excludes halogenated alkanes) is 1. The van der Waals surface area contributed by atoms with Crippen LogP contribution in [0.5, 0.6) is 11.5 Å². The third-order valence-electron chi connectivity index (χ3n) is 5.56. The van der Waals surface area contributed by atoms with Crippen molar-refractivity contribution in [3.63, 3.8) is 0 Å². The highest BCUT2D eigenvalue weighted by atomic mass is 35.5. The molecular formula is C28H30Cl2N2O5. The number of halogens is 2. The number of phenolic OH excluding ortho intramolecular Hbond substituents is 1. The van der Waals surface area contributed by atoms with Gasteiger partial charge in [-0.2, -0.15) is 0 Å². The van der Waals surface area contributed by atoms with Gasteiger partial charge in [-0.1, -0.05) is 83.9 Å². The van der Waals surface area contributed by atoms with Gasteiger partial charge in [-0.05, 0) is 43.6 Å². The summed E-state index contributed by atoms with van der Waals surface area (Å²) < 4.78 is 11.1. The first-order valence-electron chi connectivity index (χ1n) is 11.9. The first-order valence-corrected chi connectivity index (χ1v) is 12.7. The van der Waals surface area contributed by atoms with Crippen LogP contribution in [0.15, 0.2) is 66.7 Å². The van der Waals surface area contributed by atoms with E-state index in [4.69, 9.17) is 32.7 Å². The zero-order valence-corrected chi connectivity index (χ0v) is 22.0. The van der Waals surface area contributed by atoms with E-state index in [2.05, 4.69) is 10.6 Å². The lowest BCUT2D eigenvalue weighted by Gasteiger charge is -2.19. The van der Waals surface area contributed by atoms with Crippen LogP contribution in [-0.4, -0.2) is 43.2 Å². The topological polar surface area (TPSA) is 96.9 Å². The maximum absolute atomic E-state index is 13.1. The predicted molar refractivity (Wildman–Crippen MR) is 144 cm³/mol. The van der Waals surface area contributed by atoms with Crippen molar-refractivity contribution in [3.8, 4) is 11.5 Å². The molecule has 0 radical (unpaired) electrons. The molecule has 1 unspecified atom stereocenters. The second-order valence-electron chi connectivity index (χ2n) is 8.37. The molecule has 1 amide bonds. The number of phenols is 1. The number of nitrogens with one attached hydrogen (secondary N) is 2. The minimum atomic E-state index is -1.02. The molecule has 3 rings (SSSR count). The molecule has 37 heavy (non-hydrogen) atoms. The summed E-state index contributed by atoms with van der Waals surface area (Å²) in [6, 6.07) is 18.7. The molecule has 7 nitrogen and oxygen atoms in total. The Morgan fingerprint density at radius 2 is 1.62 bits per heavy atom. The van der Waals surface area contributed by atoms with Crippen molar-refractivity contribution in [2.75, 3.05) is 20.2 Å². The maximum Gasteiger partial charge on any atom is 0.329 e. The van der Waals surface area contributed by atoms with Crippen molar-refractivity contribution in [2.24, 2.45) is 0 Å². The average Bonchev–Trinajstić information content (AvgIpc) is 2.91. The number of amides is 1. The molecule has 0 heterocycles. The van der Waals surface area contributed by atoms with Gasteiger partial charge < -0.3 is 25.2 Å². The second-order valence-corrected chi connectivity index (χ2v) is 9.15. The summed E-state index contributed by atoms with van der Waals surface area (Å²) in [4.78, 5) is 26.1. The van der Waals surface area contributed by atoms with Gasteiger partial charge in [0.05, 0.1) is 17.2 Å². The Balaban J connectivity index is 1.75. The Bertz CT molecular complexity index is 1180. The number of rotatable bonds is 13. The van der Waals surface area contributed by atoms with Gasteiger partial charge in [-0.3, -0.25) is 4.79 Å². The molecule has 0 bridgehead atoms. The summed E-state index contributed by atoms with van der Waals surface area (Å²) in [5.41, 5.74) is 1.47. The minimum absolute atomic E-state index is 0.0596. The largest absolute Gasteiger partial charge is 0.505 e. The fraction of sp³-hybridized carbons (Fsp3) is 0.286. The standard InChI is InChI=1S/C28H30Cl2N2O5/c1-31-14-8-9-15-36-26-22(29)17-21(25(33)24(26)30)27(34)32-23(16-19-10-4-2-5-11-19)28(35)37-18-20-12-6-3-7-13-20/h2-7,10-13,17,23,31,33H,8-9,14-16,18H2,1H3,(H,32,34). The Labute approximate surface area is 226 Å². The van der Waals surface area contributed by atoms with Crippen molar-refractivity contribution >= 4 is 35.1 Å². The van der Waals surface area contributed by atoms with E-state index in [0.29, 0.717) is 6.61 Å². The molecule has 3 aromatic carbocycles. The lowest BCUT2D eigenvalue weighted by molar-refractivity contribution is -0.147. The summed E-state index contributed by atoms with van der Waals surface area (Å²) in [7, 11) is 1.86. The lowest BCUT2D eigenvalue weighted by atomic mass is 10.0. The van der Waals surface area contributed by atoms with Gasteiger partial charge in [0.15, 0.2) is 11.5 Å². The molecule has 196 valence electrons. The highest BCUT2D eigenvalue weighted by Gasteiger charge is 2.27. The smallest absolute Gasteiger partial charge is 0.329 e. The van der Waals surface area contributed by atoms with Crippen molar-refractivity contribution in [3.05, 3.63) is 93.5 Å². The van der Waals surface area contributed by atoms with Crippen LogP contribution in [0.1, 0.15) is 34.3 Å². The van der Waals surface area contributed by atoms with Gasteiger partial charge in [0.2, 0.25) is 0 Å². The molecular weight excluding hydrogens is 515 g/mol. The van der Waals surface area contributed by atoms with Crippen molar-refractivity contribution in [1.82, 2.24) is 10.6 Å². The molecule has 3 N–H and O–H groups in total. The van der Waals surface area contributed by atoms with Gasteiger partial charge in [0.25, 0.3) is 5.91 Å². The SMILES string of the molecule is CNCCCCOc1c(Cl)cc(C(=O)NC(Cc2ccccc2)C(=O)OCc2ccccc2)c(O)c1Cl. The summed E-state index contributed by atoms with van der Waals surface area (Å²) in [5.74, 6) is -1.71. The molecule has 0 aliphatic rings. The second kappa shape index (κ2) is 14.5. The van der Waals surface area contributed by atoms with Crippen LogP contribution in [0.25, 0.3) is 0 Å².